The van der Waals surface area contributed by atoms with Crippen LogP contribution in [0.2, 0.25) is 0 Å². The Balaban J connectivity index is 1.32. The first-order valence-corrected chi connectivity index (χ1v) is 13.1. The van der Waals surface area contributed by atoms with Crippen LogP contribution in [0.1, 0.15) is 54.5 Å². The Hall–Kier alpha value is -3.84. The van der Waals surface area contributed by atoms with E-state index in [1.165, 1.54) is 55.9 Å². The second-order valence-electron chi connectivity index (χ2n) is 11.4. The van der Waals surface area contributed by atoms with Crippen LogP contribution in [0.5, 0.6) is 0 Å². The molecule has 0 fully saturated rings. The summed E-state index contributed by atoms with van der Waals surface area (Å²) in [6.07, 6.45) is 8.33. The van der Waals surface area contributed by atoms with Gasteiger partial charge >= 0.3 is 0 Å². The predicted octanol–water partition coefficient (Wildman–Crippen LogP) is 8.81. The summed E-state index contributed by atoms with van der Waals surface area (Å²) in [7, 11) is 0. The molecule has 3 aliphatic rings. The first-order chi connectivity index (χ1) is 17.5. The molecule has 36 heavy (non-hydrogen) atoms. The van der Waals surface area contributed by atoms with Crippen molar-refractivity contribution in [3.8, 4) is 11.1 Å². The Morgan fingerprint density at radius 1 is 0.722 bits per heavy atom. The summed E-state index contributed by atoms with van der Waals surface area (Å²) in [5.74, 6) is 0.328. The number of allylic oxidation sites excluding steroid dienone is 2. The summed E-state index contributed by atoms with van der Waals surface area (Å²) in [6.45, 7) is 6.93. The minimum absolute atomic E-state index is 0.0731. The van der Waals surface area contributed by atoms with E-state index in [9.17, 15) is 0 Å². The molecule has 0 bridgehead atoms. The Morgan fingerprint density at radius 3 is 2.31 bits per heavy atom. The zero-order valence-corrected chi connectivity index (χ0v) is 21.2. The minimum atomic E-state index is 0.0731. The summed E-state index contributed by atoms with van der Waals surface area (Å²) < 4.78 is 0. The van der Waals surface area contributed by atoms with Crippen molar-refractivity contribution < 1.29 is 0 Å². The van der Waals surface area contributed by atoms with E-state index >= 15 is 0 Å². The van der Waals surface area contributed by atoms with Gasteiger partial charge in [0.2, 0.25) is 0 Å². The third kappa shape index (κ3) is 3.23. The number of anilines is 2. The van der Waals surface area contributed by atoms with Crippen LogP contribution in [0.3, 0.4) is 0 Å². The highest BCUT2D eigenvalue weighted by molar-refractivity contribution is 5.86. The van der Waals surface area contributed by atoms with Crippen molar-refractivity contribution in [3.05, 3.63) is 137 Å². The molecule has 7 rings (SSSR count). The molecule has 4 aromatic rings. The van der Waals surface area contributed by atoms with Gasteiger partial charge in [0.25, 0.3) is 0 Å². The van der Waals surface area contributed by atoms with Gasteiger partial charge in [0.15, 0.2) is 0 Å². The van der Waals surface area contributed by atoms with Crippen LogP contribution in [-0.2, 0) is 11.8 Å². The normalized spacial score (nSPS) is 19.4. The van der Waals surface area contributed by atoms with Crippen LogP contribution in [0.15, 0.2) is 109 Å². The van der Waals surface area contributed by atoms with E-state index in [2.05, 4.69) is 135 Å². The van der Waals surface area contributed by atoms with Crippen LogP contribution in [0.4, 0.5) is 11.4 Å². The maximum absolute atomic E-state index is 2.57. The summed E-state index contributed by atoms with van der Waals surface area (Å²) in [6, 6.07) is 34.1. The lowest BCUT2D eigenvalue weighted by atomic mass is 9.84. The third-order valence-corrected chi connectivity index (χ3v) is 8.16. The number of hydrogen-bond donors (Lipinski definition) is 0. The average molecular weight is 466 g/mol. The summed E-state index contributed by atoms with van der Waals surface area (Å²) in [5, 5.41) is 0. The van der Waals surface area contributed by atoms with E-state index in [4.69, 9.17) is 0 Å². The van der Waals surface area contributed by atoms with Gasteiger partial charge in [-0.05, 0) is 74.6 Å². The number of nitrogens with zero attached hydrogens (tertiary/aromatic N) is 1. The summed E-state index contributed by atoms with van der Waals surface area (Å²) >= 11 is 0. The van der Waals surface area contributed by atoms with Crippen molar-refractivity contribution in [1.82, 2.24) is 0 Å². The van der Waals surface area contributed by atoms with Gasteiger partial charge in [-0.1, -0.05) is 112 Å². The van der Waals surface area contributed by atoms with Crippen LogP contribution in [-0.4, -0.2) is 6.04 Å². The molecule has 0 aromatic heterocycles. The van der Waals surface area contributed by atoms with Crippen molar-refractivity contribution in [3.63, 3.8) is 0 Å². The van der Waals surface area contributed by atoms with E-state index in [0.29, 0.717) is 5.92 Å². The van der Waals surface area contributed by atoms with Gasteiger partial charge in [0, 0.05) is 17.3 Å². The first kappa shape index (κ1) is 21.4. The second kappa shape index (κ2) is 7.83. The molecule has 4 aromatic carbocycles. The van der Waals surface area contributed by atoms with E-state index in [0.717, 1.165) is 6.42 Å². The van der Waals surface area contributed by atoms with Crippen LogP contribution < -0.4 is 4.90 Å². The molecule has 2 aliphatic carbocycles. The topological polar surface area (TPSA) is 3.24 Å². The number of fused-ring (bicyclic) bond motifs is 6. The number of hydrogen-bond acceptors (Lipinski definition) is 1. The lowest BCUT2D eigenvalue weighted by Crippen LogP contribution is -2.31. The zero-order valence-electron chi connectivity index (χ0n) is 21.2. The lowest BCUT2D eigenvalue weighted by Gasteiger charge is -2.34. The SMILES string of the molecule is CC(C)(C)c1ccccc1N1c2ccccc2C2C=C(c3ccc4c(c3)-c3ccccc3C4)C=CC21. The highest BCUT2D eigenvalue weighted by Crippen LogP contribution is 2.51. The van der Waals surface area contributed by atoms with Crippen molar-refractivity contribution in [2.75, 3.05) is 4.90 Å². The fourth-order valence-corrected chi connectivity index (χ4v) is 6.44. The van der Waals surface area contributed by atoms with Gasteiger partial charge in [-0.15, -0.1) is 0 Å². The standard InChI is InChI=1S/C35H31N/c1-35(2,3)31-13-7-9-15-34(31)36-32-14-8-6-12-28(32)30-22-24(18-19-33(30)36)23-16-17-26-20-25-10-4-5-11-27(25)29(26)21-23/h4-19,21-22,30,33H,20H2,1-3H3. The molecule has 0 saturated heterocycles. The van der Waals surface area contributed by atoms with Crippen LogP contribution in [0, 0.1) is 0 Å². The Morgan fingerprint density at radius 2 is 1.44 bits per heavy atom. The monoisotopic (exact) mass is 465 g/mol. The van der Waals surface area contributed by atoms with Crippen molar-refractivity contribution in [2.45, 2.75) is 44.6 Å². The minimum Gasteiger partial charge on any atom is -0.333 e. The maximum Gasteiger partial charge on any atom is 0.0630 e. The van der Waals surface area contributed by atoms with Gasteiger partial charge in [-0.25, -0.2) is 0 Å². The van der Waals surface area contributed by atoms with Crippen molar-refractivity contribution in [2.24, 2.45) is 0 Å². The zero-order chi connectivity index (χ0) is 24.4. The first-order valence-electron chi connectivity index (χ1n) is 13.1. The molecule has 0 N–H and O–H groups in total. The molecule has 1 aliphatic heterocycles. The quantitative estimate of drug-likeness (QED) is 0.252. The second-order valence-corrected chi connectivity index (χ2v) is 11.4. The molecule has 1 heterocycles. The molecule has 0 spiro atoms. The summed E-state index contributed by atoms with van der Waals surface area (Å²) in [5.41, 5.74) is 13.8. The largest absolute Gasteiger partial charge is 0.333 e. The van der Waals surface area contributed by atoms with Gasteiger partial charge in [0.1, 0.15) is 0 Å². The number of benzene rings is 4. The third-order valence-electron chi connectivity index (χ3n) is 8.16. The Kier molecular flexibility index (Phi) is 4.66. The summed E-state index contributed by atoms with van der Waals surface area (Å²) in [4.78, 5) is 2.57. The van der Waals surface area contributed by atoms with E-state index in [-0.39, 0.29) is 11.5 Å². The highest BCUT2D eigenvalue weighted by atomic mass is 15.2. The van der Waals surface area contributed by atoms with Gasteiger partial charge in [0.05, 0.1) is 6.04 Å². The van der Waals surface area contributed by atoms with Gasteiger partial charge < -0.3 is 4.90 Å². The maximum atomic E-state index is 2.57. The fourth-order valence-electron chi connectivity index (χ4n) is 6.44. The van der Waals surface area contributed by atoms with E-state index < -0.39 is 0 Å². The number of para-hydroxylation sites is 2. The molecular weight excluding hydrogens is 434 g/mol. The van der Waals surface area contributed by atoms with Crippen LogP contribution in [0.25, 0.3) is 16.7 Å². The van der Waals surface area contributed by atoms with Gasteiger partial charge in [-0.2, -0.15) is 0 Å². The molecule has 1 heteroatoms. The molecule has 0 saturated carbocycles. The fraction of sp³-hybridized carbons (Fsp3) is 0.200. The van der Waals surface area contributed by atoms with Gasteiger partial charge in [-0.3, -0.25) is 0 Å². The molecule has 176 valence electrons. The molecule has 0 amide bonds. The Labute approximate surface area is 214 Å². The van der Waals surface area contributed by atoms with E-state index in [1.54, 1.807) is 0 Å². The average Bonchev–Trinajstić information content (AvgIpc) is 3.43. The van der Waals surface area contributed by atoms with Crippen molar-refractivity contribution in [1.29, 1.82) is 0 Å². The highest BCUT2D eigenvalue weighted by Gasteiger charge is 2.39. The predicted molar refractivity (Wildman–Crippen MR) is 152 cm³/mol. The van der Waals surface area contributed by atoms with E-state index in [1.807, 2.05) is 0 Å². The molecular formula is C35H31N. The number of rotatable bonds is 2. The molecule has 0 radical (unpaired) electrons. The van der Waals surface area contributed by atoms with Crippen LogP contribution >= 0.6 is 0 Å². The smallest absolute Gasteiger partial charge is 0.0630 e. The van der Waals surface area contributed by atoms with Crippen molar-refractivity contribution >= 4 is 16.9 Å². The lowest BCUT2D eigenvalue weighted by molar-refractivity contribution is 0.587. The Bertz CT molecular complexity index is 1560. The molecule has 2 atom stereocenters. The molecule has 1 nitrogen and oxygen atoms in total. The molecule has 2 unspecified atom stereocenters.